The molecule has 0 radical (unpaired) electrons. The highest BCUT2D eigenvalue weighted by molar-refractivity contribution is 5.35. The second kappa shape index (κ2) is 8.26. The maximum Gasteiger partial charge on any atom is 0.167 e. The third-order valence-corrected chi connectivity index (χ3v) is 5.32. The number of ether oxygens (including phenoxy) is 1. The van der Waals surface area contributed by atoms with Gasteiger partial charge in [0.2, 0.25) is 0 Å². The highest BCUT2D eigenvalue weighted by atomic mass is 19.2. The first-order chi connectivity index (χ1) is 11.7. The van der Waals surface area contributed by atoms with Gasteiger partial charge in [-0.2, -0.15) is 0 Å². The van der Waals surface area contributed by atoms with E-state index < -0.39 is 11.6 Å². The Morgan fingerprint density at radius 2 is 1.79 bits per heavy atom. The van der Waals surface area contributed by atoms with Crippen molar-refractivity contribution in [3.63, 3.8) is 0 Å². The Hall–Kier alpha value is -1.20. The van der Waals surface area contributed by atoms with E-state index in [9.17, 15) is 8.78 Å². The topological polar surface area (TPSA) is 15.7 Å². The summed E-state index contributed by atoms with van der Waals surface area (Å²) in [5.41, 5.74) is 0.344. The summed E-state index contributed by atoms with van der Waals surface area (Å²) in [4.78, 5) is 4.82. The lowest BCUT2D eigenvalue weighted by atomic mass is 9.96. The lowest BCUT2D eigenvalue weighted by molar-refractivity contribution is 0.116. The average Bonchev–Trinajstić information content (AvgIpc) is 2.60. The quantitative estimate of drug-likeness (QED) is 0.815. The molecule has 3 rings (SSSR count). The number of piperidine rings is 2. The predicted octanol–water partition coefficient (Wildman–Crippen LogP) is 3.67. The van der Waals surface area contributed by atoms with Gasteiger partial charge in [0.05, 0.1) is 7.11 Å². The van der Waals surface area contributed by atoms with E-state index in [0.717, 1.165) is 32.1 Å². The van der Waals surface area contributed by atoms with Crippen molar-refractivity contribution in [1.29, 1.82) is 0 Å². The summed E-state index contributed by atoms with van der Waals surface area (Å²) >= 11 is 0. The van der Waals surface area contributed by atoms with Gasteiger partial charge < -0.3 is 9.64 Å². The van der Waals surface area contributed by atoms with Crippen LogP contribution < -0.4 is 4.74 Å². The summed E-state index contributed by atoms with van der Waals surface area (Å²) in [5, 5.41) is 0. The number of likely N-dealkylation sites (tertiary alicyclic amines) is 2. The Morgan fingerprint density at radius 3 is 2.54 bits per heavy atom. The molecule has 1 aromatic carbocycles. The minimum Gasteiger partial charge on any atom is -0.496 e. The first-order valence-corrected chi connectivity index (χ1v) is 9.13. The molecule has 2 heterocycles. The molecule has 2 fully saturated rings. The Morgan fingerprint density at radius 1 is 1.04 bits per heavy atom. The number of hydrogen-bond acceptors (Lipinski definition) is 3. The molecule has 0 amide bonds. The van der Waals surface area contributed by atoms with Gasteiger partial charge in [0.1, 0.15) is 5.75 Å². The van der Waals surface area contributed by atoms with Gasteiger partial charge in [-0.3, -0.25) is 4.90 Å². The third-order valence-electron chi connectivity index (χ3n) is 5.32. The molecule has 1 aromatic rings. The van der Waals surface area contributed by atoms with Crippen LogP contribution in [0.5, 0.6) is 5.75 Å². The largest absolute Gasteiger partial charge is 0.496 e. The van der Waals surface area contributed by atoms with Crippen molar-refractivity contribution in [3.8, 4) is 5.75 Å². The zero-order valence-corrected chi connectivity index (χ0v) is 14.6. The van der Waals surface area contributed by atoms with E-state index >= 15 is 0 Å². The monoisotopic (exact) mass is 338 g/mol. The minimum atomic E-state index is -0.798. The average molecular weight is 338 g/mol. The van der Waals surface area contributed by atoms with E-state index in [1.807, 2.05) is 0 Å². The molecular formula is C19H28F2N2O. The number of rotatable bonds is 5. The SMILES string of the molecule is COc1ccc(F)c(F)c1CN1CCCC(CN2CCCCC2)C1. The molecular weight excluding hydrogens is 310 g/mol. The first-order valence-electron chi connectivity index (χ1n) is 9.13. The Labute approximate surface area is 143 Å². The van der Waals surface area contributed by atoms with Crippen LogP contribution in [0.25, 0.3) is 0 Å². The van der Waals surface area contributed by atoms with Crippen LogP contribution in [-0.2, 0) is 6.54 Å². The van der Waals surface area contributed by atoms with Gasteiger partial charge >= 0.3 is 0 Å². The van der Waals surface area contributed by atoms with Crippen LogP contribution >= 0.6 is 0 Å². The molecule has 3 nitrogen and oxygen atoms in total. The van der Waals surface area contributed by atoms with Crippen molar-refractivity contribution < 1.29 is 13.5 Å². The summed E-state index contributed by atoms with van der Waals surface area (Å²) < 4.78 is 33.0. The molecule has 2 aliphatic rings. The molecule has 1 unspecified atom stereocenters. The first kappa shape index (κ1) is 17.6. The minimum absolute atomic E-state index is 0.344. The molecule has 0 aliphatic carbocycles. The summed E-state index contributed by atoms with van der Waals surface area (Å²) in [6, 6.07) is 2.65. The summed E-state index contributed by atoms with van der Waals surface area (Å²) in [7, 11) is 1.51. The van der Waals surface area contributed by atoms with Gasteiger partial charge in [0.15, 0.2) is 11.6 Å². The van der Waals surface area contributed by atoms with Crippen molar-refractivity contribution in [3.05, 3.63) is 29.3 Å². The highest BCUT2D eigenvalue weighted by Gasteiger charge is 2.25. The smallest absolute Gasteiger partial charge is 0.167 e. The molecule has 1 atom stereocenters. The van der Waals surface area contributed by atoms with Gasteiger partial charge in [-0.1, -0.05) is 6.42 Å². The number of benzene rings is 1. The van der Waals surface area contributed by atoms with Crippen LogP contribution in [0.4, 0.5) is 8.78 Å². The van der Waals surface area contributed by atoms with Gasteiger partial charge in [0, 0.05) is 25.2 Å². The summed E-state index contributed by atoms with van der Waals surface area (Å²) in [6.45, 7) is 5.87. The van der Waals surface area contributed by atoms with Crippen LogP contribution in [-0.4, -0.2) is 49.6 Å². The predicted molar refractivity (Wildman–Crippen MR) is 91.2 cm³/mol. The van der Waals surface area contributed by atoms with Crippen molar-refractivity contribution in [1.82, 2.24) is 9.80 Å². The molecule has 2 aliphatic heterocycles. The van der Waals surface area contributed by atoms with Crippen molar-refractivity contribution >= 4 is 0 Å². The molecule has 2 saturated heterocycles. The molecule has 0 aromatic heterocycles. The number of nitrogens with zero attached hydrogens (tertiary/aromatic N) is 2. The summed E-state index contributed by atoms with van der Waals surface area (Å²) in [5.74, 6) is -0.508. The second-order valence-corrected chi connectivity index (χ2v) is 7.15. The molecule has 24 heavy (non-hydrogen) atoms. The van der Waals surface area contributed by atoms with Crippen LogP contribution in [0.3, 0.4) is 0 Å². The number of hydrogen-bond donors (Lipinski definition) is 0. The Kier molecular flexibility index (Phi) is 6.06. The van der Waals surface area contributed by atoms with Crippen LogP contribution in [0, 0.1) is 17.6 Å². The lowest BCUT2D eigenvalue weighted by Gasteiger charge is -2.37. The third kappa shape index (κ3) is 4.25. The normalized spacial score (nSPS) is 23.4. The molecule has 134 valence electrons. The van der Waals surface area contributed by atoms with E-state index in [1.54, 1.807) is 0 Å². The van der Waals surface area contributed by atoms with E-state index in [4.69, 9.17) is 4.74 Å². The van der Waals surface area contributed by atoms with E-state index in [2.05, 4.69) is 9.80 Å². The fourth-order valence-corrected chi connectivity index (χ4v) is 4.09. The molecule has 0 spiro atoms. The Bertz CT molecular complexity index is 546. The van der Waals surface area contributed by atoms with E-state index in [1.165, 1.54) is 51.9 Å². The zero-order valence-electron chi connectivity index (χ0n) is 14.6. The van der Waals surface area contributed by atoms with E-state index in [-0.39, 0.29) is 0 Å². The maximum atomic E-state index is 14.2. The summed E-state index contributed by atoms with van der Waals surface area (Å²) in [6.07, 6.45) is 6.32. The van der Waals surface area contributed by atoms with Gasteiger partial charge in [-0.05, 0) is 63.4 Å². The molecule has 0 saturated carbocycles. The highest BCUT2D eigenvalue weighted by Crippen LogP contribution is 2.27. The number of halogens is 2. The standard InChI is InChI=1S/C19H28F2N2O/c1-24-18-8-7-17(20)19(21)16(18)14-23-11-5-6-15(13-23)12-22-9-3-2-4-10-22/h7-8,15H,2-6,9-14H2,1H3. The molecule has 0 bridgehead atoms. The fraction of sp³-hybridized carbons (Fsp3) is 0.684. The van der Waals surface area contributed by atoms with E-state index in [0.29, 0.717) is 23.8 Å². The van der Waals surface area contributed by atoms with Crippen LogP contribution in [0.15, 0.2) is 12.1 Å². The fourth-order valence-electron chi connectivity index (χ4n) is 4.09. The van der Waals surface area contributed by atoms with Gasteiger partial charge in [-0.15, -0.1) is 0 Å². The van der Waals surface area contributed by atoms with Crippen molar-refractivity contribution in [2.24, 2.45) is 5.92 Å². The van der Waals surface area contributed by atoms with Crippen molar-refractivity contribution in [2.45, 2.75) is 38.6 Å². The maximum absolute atomic E-state index is 14.2. The van der Waals surface area contributed by atoms with Gasteiger partial charge in [-0.25, -0.2) is 8.78 Å². The Balaban J connectivity index is 1.62. The lowest BCUT2D eigenvalue weighted by Crippen LogP contribution is -2.42. The number of methoxy groups -OCH3 is 1. The van der Waals surface area contributed by atoms with Crippen molar-refractivity contribution in [2.75, 3.05) is 39.8 Å². The van der Waals surface area contributed by atoms with Crippen LogP contribution in [0.1, 0.15) is 37.7 Å². The molecule has 5 heteroatoms. The second-order valence-electron chi connectivity index (χ2n) is 7.15. The molecule has 0 N–H and O–H groups in total. The van der Waals surface area contributed by atoms with Crippen LogP contribution in [0.2, 0.25) is 0 Å². The van der Waals surface area contributed by atoms with Gasteiger partial charge in [0.25, 0.3) is 0 Å². The zero-order chi connectivity index (χ0) is 16.9.